The molecular weight excluding hydrogens is 433 g/mol. The van der Waals surface area contributed by atoms with Gasteiger partial charge < -0.3 is 9.64 Å². The number of alkyl halides is 3. The van der Waals surface area contributed by atoms with Crippen molar-refractivity contribution in [1.29, 1.82) is 0 Å². The number of carbonyl (C=O) groups is 1. The summed E-state index contributed by atoms with van der Waals surface area (Å²) in [4.78, 5) is 14.1. The minimum Gasteiger partial charge on any atom is -0.406 e. The second-order valence-electron chi connectivity index (χ2n) is 7.32. The minimum absolute atomic E-state index is 0.0398. The van der Waals surface area contributed by atoms with Crippen molar-refractivity contribution >= 4 is 15.9 Å². The second-order valence-corrected chi connectivity index (χ2v) is 9.26. The second kappa shape index (κ2) is 9.27. The van der Waals surface area contributed by atoms with Crippen LogP contribution in [0, 0.1) is 0 Å². The molecule has 0 saturated carbocycles. The van der Waals surface area contributed by atoms with Crippen LogP contribution in [0.15, 0.2) is 59.5 Å². The molecule has 10 heteroatoms. The molecule has 0 N–H and O–H groups in total. The van der Waals surface area contributed by atoms with Crippen molar-refractivity contribution in [2.45, 2.75) is 30.5 Å². The Morgan fingerprint density at radius 2 is 1.58 bits per heavy atom. The minimum atomic E-state index is -4.85. The first kappa shape index (κ1) is 23.1. The maximum absolute atomic E-state index is 12.8. The molecule has 0 aromatic heterocycles. The molecule has 2 aromatic carbocycles. The van der Waals surface area contributed by atoms with Gasteiger partial charge in [0.05, 0.1) is 4.90 Å². The summed E-state index contributed by atoms with van der Waals surface area (Å²) in [6.45, 7) is 2.73. The van der Waals surface area contributed by atoms with E-state index in [2.05, 4.69) is 4.74 Å². The largest absolute Gasteiger partial charge is 0.573 e. The first-order chi connectivity index (χ1) is 14.6. The van der Waals surface area contributed by atoms with E-state index in [4.69, 9.17) is 0 Å². The van der Waals surface area contributed by atoms with E-state index >= 15 is 0 Å². The highest BCUT2D eigenvalue weighted by Crippen LogP contribution is 2.26. The van der Waals surface area contributed by atoms with E-state index in [0.29, 0.717) is 6.42 Å². The number of halogens is 3. The molecule has 1 heterocycles. The zero-order valence-corrected chi connectivity index (χ0v) is 17.7. The van der Waals surface area contributed by atoms with Gasteiger partial charge in [0.25, 0.3) is 0 Å². The van der Waals surface area contributed by atoms with Gasteiger partial charge in [-0.15, -0.1) is 13.2 Å². The average Bonchev–Trinajstić information content (AvgIpc) is 2.73. The first-order valence-corrected chi connectivity index (χ1v) is 11.2. The molecule has 1 amide bonds. The van der Waals surface area contributed by atoms with Crippen LogP contribution in [0.3, 0.4) is 0 Å². The summed E-state index contributed by atoms with van der Waals surface area (Å²) in [5.41, 5.74) is 1.06. The van der Waals surface area contributed by atoms with Gasteiger partial charge in [0, 0.05) is 32.6 Å². The molecule has 3 rings (SSSR count). The molecule has 168 valence electrons. The average molecular weight is 456 g/mol. The van der Waals surface area contributed by atoms with E-state index in [-0.39, 0.29) is 42.9 Å². The van der Waals surface area contributed by atoms with E-state index in [9.17, 15) is 26.4 Å². The standard InChI is InChI=1S/C21H23F3N2O4S/c1-16(17-5-3-2-4-6-17)15-20(27)25-11-13-26(14-12-25)31(28,29)19-9-7-18(8-10-19)30-21(22,23)24/h2-10,16H,11-15H2,1H3/t16-/m0/s1. The third-order valence-electron chi connectivity index (χ3n) is 5.14. The number of nitrogens with zero attached hydrogens (tertiary/aromatic N) is 2. The van der Waals surface area contributed by atoms with E-state index in [1.807, 2.05) is 37.3 Å². The Hall–Kier alpha value is -2.59. The molecule has 1 aliphatic rings. The van der Waals surface area contributed by atoms with E-state index in [1.54, 1.807) is 4.90 Å². The number of hydrogen-bond donors (Lipinski definition) is 0. The van der Waals surface area contributed by atoms with Crippen LogP contribution in [-0.4, -0.2) is 56.1 Å². The van der Waals surface area contributed by atoms with Gasteiger partial charge >= 0.3 is 6.36 Å². The fourth-order valence-corrected chi connectivity index (χ4v) is 4.85. The number of sulfonamides is 1. The van der Waals surface area contributed by atoms with Crippen molar-refractivity contribution in [1.82, 2.24) is 9.21 Å². The Kier molecular flexibility index (Phi) is 6.90. The Morgan fingerprint density at radius 1 is 1.00 bits per heavy atom. The lowest BCUT2D eigenvalue weighted by atomic mass is 9.97. The predicted molar refractivity (Wildman–Crippen MR) is 108 cm³/mol. The summed E-state index contributed by atoms with van der Waals surface area (Å²) < 4.78 is 67.4. The van der Waals surface area contributed by atoms with Crippen molar-refractivity contribution in [3.8, 4) is 5.75 Å². The molecule has 31 heavy (non-hydrogen) atoms. The Bertz CT molecular complexity index is 988. The number of hydrogen-bond acceptors (Lipinski definition) is 4. The highest BCUT2D eigenvalue weighted by atomic mass is 32.2. The van der Waals surface area contributed by atoms with Gasteiger partial charge in [0.1, 0.15) is 5.75 Å². The van der Waals surface area contributed by atoms with Gasteiger partial charge in [-0.25, -0.2) is 8.42 Å². The Labute approximate surface area is 179 Å². The number of amides is 1. The lowest BCUT2D eigenvalue weighted by Gasteiger charge is -2.34. The smallest absolute Gasteiger partial charge is 0.406 e. The van der Waals surface area contributed by atoms with Crippen molar-refractivity contribution < 1.29 is 31.1 Å². The molecule has 1 atom stereocenters. The lowest BCUT2D eigenvalue weighted by Crippen LogP contribution is -2.50. The zero-order valence-electron chi connectivity index (χ0n) is 16.9. The van der Waals surface area contributed by atoms with Crippen LogP contribution < -0.4 is 4.74 Å². The molecule has 0 radical (unpaired) electrons. The zero-order chi connectivity index (χ0) is 22.6. The summed E-state index contributed by atoms with van der Waals surface area (Å²) >= 11 is 0. The summed E-state index contributed by atoms with van der Waals surface area (Å²) in [5, 5.41) is 0. The van der Waals surface area contributed by atoms with E-state index in [0.717, 1.165) is 29.8 Å². The fraction of sp³-hybridized carbons (Fsp3) is 0.381. The quantitative estimate of drug-likeness (QED) is 0.666. The normalized spacial score (nSPS) is 16.7. The topological polar surface area (TPSA) is 66.9 Å². The SMILES string of the molecule is C[C@@H](CC(=O)N1CCN(S(=O)(=O)c2ccc(OC(F)(F)F)cc2)CC1)c1ccccc1. The monoisotopic (exact) mass is 456 g/mol. The van der Waals surface area contributed by atoms with Crippen LogP contribution >= 0.6 is 0 Å². The van der Waals surface area contributed by atoms with Crippen LogP contribution in [0.2, 0.25) is 0 Å². The molecule has 1 fully saturated rings. The predicted octanol–water partition coefficient (Wildman–Crippen LogP) is 3.61. The maximum Gasteiger partial charge on any atom is 0.573 e. The van der Waals surface area contributed by atoms with Gasteiger partial charge in [-0.05, 0) is 35.7 Å². The number of carbonyl (C=O) groups excluding carboxylic acids is 1. The molecule has 0 spiro atoms. The Balaban J connectivity index is 1.57. The summed E-state index contributed by atoms with van der Waals surface area (Å²) in [7, 11) is -3.88. The molecule has 6 nitrogen and oxygen atoms in total. The number of ether oxygens (including phenoxy) is 1. The number of benzene rings is 2. The van der Waals surface area contributed by atoms with Crippen LogP contribution in [-0.2, 0) is 14.8 Å². The van der Waals surface area contributed by atoms with Crippen LogP contribution in [0.5, 0.6) is 5.75 Å². The first-order valence-electron chi connectivity index (χ1n) is 9.75. The van der Waals surface area contributed by atoms with Crippen LogP contribution in [0.25, 0.3) is 0 Å². The molecule has 0 aliphatic carbocycles. The van der Waals surface area contributed by atoms with Gasteiger partial charge in [0.15, 0.2) is 0 Å². The summed E-state index contributed by atoms with van der Waals surface area (Å²) in [5.74, 6) is -0.482. The lowest BCUT2D eigenvalue weighted by molar-refractivity contribution is -0.274. The molecule has 1 aliphatic heterocycles. The molecule has 1 saturated heterocycles. The van der Waals surface area contributed by atoms with Gasteiger partial charge in [-0.1, -0.05) is 37.3 Å². The van der Waals surface area contributed by atoms with Crippen molar-refractivity contribution in [3.05, 3.63) is 60.2 Å². The van der Waals surface area contributed by atoms with Gasteiger partial charge in [0.2, 0.25) is 15.9 Å². The van der Waals surface area contributed by atoms with E-state index in [1.165, 1.54) is 4.31 Å². The van der Waals surface area contributed by atoms with Gasteiger partial charge in [-0.3, -0.25) is 4.79 Å². The fourth-order valence-electron chi connectivity index (χ4n) is 3.43. The van der Waals surface area contributed by atoms with Gasteiger partial charge in [-0.2, -0.15) is 4.31 Å². The Morgan fingerprint density at radius 3 is 2.13 bits per heavy atom. The molecule has 0 unspecified atom stereocenters. The number of piperazine rings is 1. The van der Waals surface area contributed by atoms with E-state index < -0.39 is 22.1 Å². The maximum atomic E-state index is 12.8. The number of rotatable bonds is 6. The highest BCUT2D eigenvalue weighted by Gasteiger charge is 2.33. The van der Waals surface area contributed by atoms with Crippen molar-refractivity contribution in [3.63, 3.8) is 0 Å². The molecular formula is C21H23F3N2O4S. The van der Waals surface area contributed by atoms with Crippen LogP contribution in [0.1, 0.15) is 24.8 Å². The third-order valence-corrected chi connectivity index (χ3v) is 7.05. The summed E-state index contributed by atoms with van der Waals surface area (Å²) in [6.07, 6.45) is -4.52. The van der Waals surface area contributed by atoms with Crippen molar-refractivity contribution in [2.75, 3.05) is 26.2 Å². The van der Waals surface area contributed by atoms with Crippen LogP contribution in [0.4, 0.5) is 13.2 Å². The van der Waals surface area contributed by atoms with Crippen molar-refractivity contribution in [2.24, 2.45) is 0 Å². The third kappa shape index (κ3) is 5.98. The molecule has 0 bridgehead atoms. The summed E-state index contributed by atoms with van der Waals surface area (Å²) in [6, 6.07) is 13.8. The highest BCUT2D eigenvalue weighted by molar-refractivity contribution is 7.89. The molecule has 2 aromatic rings.